The first-order chi connectivity index (χ1) is 10.6. The topological polar surface area (TPSA) is 32.7 Å². The van der Waals surface area contributed by atoms with Gasteiger partial charge in [0.15, 0.2) is 0 Å². The molecule has 1 N–H and O–H groups in total. The van der Waals surface area contributed by atoms with Crippen molar-refractivity contribution in [2.75, 3.05) is 27.2 Å². The minimum Gasteiger partial charge on any atom is -0.508 e. The summed E-state index contributed by atoms with van der Waals surface area (Å²) >= 11 is 1.68. The van der Waals surface area contributed by atoms with E-state index in [0.717, 1.165) is 22.4 Å². The number of rotatable bonds is 5. The number of thiophene rings is 1. The van der Waals surface area contributed by atoms with Gasteiger partial charge in [-0.15, -0.1) is 11.3 Å². The Morgan fingerprint density at radius 3 is 2.55 bits per heavy atom. The van der Waals surface area contributed by atoms with Gasteiger partial charge in [0.05, 0.1) is 0 Å². The fourth-order valence-electron chi connectivity index (χ4n) is 2.22. The zero-order chi connectivity index (χ0) is 15.5. The molecule has 1 heterocycles. The molecule has 0 saturated heterocycles. The molecule has 4 heteroatoms. The first-order valence-electron chi connectivity index (χ1n) is 7.22. The molecule has 0 saturated carbocycles. The second kappa shape index (κ2) is 6.38. The van der Waals surface area contributed by atoms with Gasteiger partial charge in [-0.3, -0.25) is 0 Å². The van der Waals surface area contributed by atoms with Gasteiger partial charge >= 0.3 is 0 Å². The van der Waals surface area contributed by atoms with Gasteiger partial charge in [0.2, 0.25) is 0 Å². The first-order valence-corrected chi connectivity index (χ1v) is 8.04. The highest BCUT2D eigenvalue weighted by Gasteiger charge is 2.05. The predicted molar refractivity (Wildman–Crippen MR) is 93.0 cm³/mol. The highest BCUT2D eigenvalue weighted by atomic mass is 32.1. The monoisotopic (exact) mass is 313 g/mol. The third-order valence-electron chi connectivity index (χ3n) is 3.45. The molecule has 0 bridgehead atoms. The van der Waals surface area contributed by atoms with Crippen molar-refractivity contribution in [1.82, 2.24) is 4.90 Å². The Morgan fingerprint density at radius 2 is 1.82 bits per heavy atom. The molecule has 3 rings (SSSR count). The second-order valence-corrected chi connectivity index (χ2v) is 6.59. The number of fused-ring (bicyclic) bond motifs is 1. The lowest BCUT2D eigenvalue weighted by molar-refractivity contribution is 0.261. The van der Waals surface area contributed by atoms with Gasteiger partial charge in [-0.05, 0) is 73.6 Å². The molecule has 0 amide bonds. The summed E-state index contributed by atoms with van der Waals surface area (Å²) in [6.45, 7) is 1.59. The fraction of sp³-hybridized carbons (Fsp3) is 0.222. The van der Waals surface area contributed by atoms with E-state index in [4.69, 9.17) is 4.74 Å². The minimum atomic E-state index is 0.311. The normalized spacial score (nSPS) is 11.2. The molecule has 0 aliphatic heterocycles. The number of ether oxygens (including phenoxy) is 1. The Kier molecular flexibility index (Phi) is 4.32. The molecule has 3 aromatic rings. The predicted octanol–water partition coefficient (Wildman–Crippen LogP) is 4.21. The molecule has 0 aliphatic carbocycles. The van der Waals surface area contributed by atoms with E-state index < -0.39 is 0 Å². The molecule has 0 fully saturated rings. The molecular weight excluding hydrogens is 294 g/mol. The summed E-state index contributed by atoms with van der Waals surface area (Å²) in [4.78, 5) is 3.29. The van der Waals surface area contributed by atoms with E-state index in [1.165, 1.54) is 10.4 Å². The van der Waals surface area contributed by atoms with Crippen molar-refractivity contribution in [3.63, 3.8) is 0 Å². The average molecular weight is 313 g/mol. The zero-order valence-electron chi connectivity index (χ0n) is 12.7. The summed E-state index contributed by atoms with van der Waals surface area (Å²) in [7, 11) is 4.07. The van der Waals surface area contributed by atoms with Gasteiger partial charge in [0, 0.05) is 16.1 Å². The van der Waals surface area contributed by atoms with E-state index in [2.05, 4.69) is 23.1 Å². The number of likely N-dealkylation sites (N-methyl/N-ethyl adjacent to an activating group) is 1. The lowest BCUT2D eigenvalue weighted by atomic mass is 10.1. The summed E-state index contributed by atoms with van der Waals surface area (Å²) in [5, 5.41) is 10.7. The number of nitrogens with zero attached hydrogens (tertiary/aromatic N) is 1. The van der Waals surface area contributed by atoms with Crippen LogP contribution in [0.2, 0.25) is 0 Å². The van der Waals surface area contributed by atoms with E-state index in [1.54, 1.807) is 17.4 Å². The maximum Gasteiger partial charge on any atom is 0.119 e. The third-order valence-corrected chi connectivity index (χ3v) is 4.60. The SMILES string of the molecule is CN(C)CCOc1ccc(-c2cc3ccc(O)cc3s2)cc1. The summed E-state index contributed by atoms with van der Waals surface area (Å²) in [5.74, 6) is 1.20. The highest BCUT2D eigenvalue weighted by molar-refractivity contribution is 7.22. The average Bonchev–Trinajstić information content (AvgIpc) is 2.90. The van der Waals surface area contributed by atoms with Crippen molar-refractivity contribution in [1.29, 1.82) is 0 Å². The van der Waals surface area contributed by atoms with E-state index in [9.17, 15) is 5.11 Å². The Labute approximate surface area is 134 Å². The van der Waals surface area contributed by atoms with Crippen LogP contribution >= 0.6 is 11.3 Å². The number of phenolic OH excluding ortho intramolecular Hbond substituents is 1. The van der Waals surface area contributed by atoms with Crippen LogP contribution in [0.1, 0.15) is 0 Å². The van der Waals surface area contributed by atoms with Gasteiger partial charge in [-0.25, -0.2) is 0 Å². The fourth-order valence-corrected chi connectivity index (χ4v) is 3.32. The summed E-state index contributed by atoms with van der Waals surface area (Å²) in [5.41, 5.74) is 1.17. The van der Waals surface area contributed by atoms with Crippen LogP contribution < -0.4 is 4.74 Å². The van der Waals surface area contributed by atoms with Gasteiger partial charge in [0.25, 0.3) is 0 Å². The number of hydrogen-bond acceptors (Lipinski definition) is 4. The van der Waals surface area contributed by atoms with Crippen LogP contribution in [0.3, 0.4) is 0 Å². The summed E-state index contributed by atoms with van der Waals surface area (Å²) in [6, 6.07) is 15.8. The quantitative estimate of drug-likeness (QED) is 0.765. The van der Waals surface area contributed by atoms with Crippen molar-refractivity contribution in [3.8, 4) is 21.9 Å². The summed E-state index contributed by atoms with van der Waals surface area (Å²) in [6.07, 6.45) is 0. The lowest BCUT2D eigenvalue weighted by Gasteiger charge is -2.11. The molecule has 114 valence electrons. The molecule has 0 spiro atoms. The van der Waals surface area contributed by atoms with Crippen LogP contribution in [0.4, 0.5) is 0 Å². The van der Waals surface area contributed by atoms with Crippen molar-refractivity contribution in [3.05, 3.63) is 48.5 Å². The molecule has 0 radical (unpaired) electrons. The lowest BCUT2D eigenvalue weighted by Crippen LogP contribution is -2.19. The molecular formula is C18H19NO2S. The largest absolute Gasteiger partial charge is 0.508 e. The van der Waals surface area contributed by atoms with Crippen LogP contribution in [0.5, 0.6) is 11.5 Å². The molecule has 0 unspecified atom stereocenters. The maximum atomic E-state index is 9.55. The van der Waals surface area contributed by atoms with E-state index >= 15 is 0 Å². The highest BCUT2D eigenvalue weighted by Crippen LogP contribution is 2.35. The number of hydrogen-bond donors (Lipinski definition) is 1. The third kappa shape index (κ3) is 3.40. The van der Waals surface area contributed by atoms with Crippen molar-refractivity contribution in [2.24, 2.45) is 0 Å². The van der Waals surface area contributed by atoms with Gasteiger partial charge in [-0.2, -0.15) is 0 Å². The molecule has 1 aromatic heterocycles. The van der Waals surface area contributed by atoms with Crippen molar-refractivity contribution < 1.29 is 9.84 Å². The first kappa shape index (κ1) is 14.9. The van der Waals surface area contributed by atoms with E-state index in [1.807, 2.05) is 38.4 Å². The minimum absolute atomic E-state index is 0.311. The zero-order valence-corrected chi connectivity index (χ0v) is 13.6. The van der Waals surface area contributed by atoms with E-state index in [-0.39, 0.29) is 0 Å². The maximum absolute atomic E-state index is 9.55. The van der Waals surface area contributed by atoms with E-state index in [0.29, 0.717) is 12.4 Å². The van der Waals surface area contributed by atoms with Gasteiger partial charge in [0.1, 0.15) is 18.1 Å². The van der Waals surface area contributed by atoms with Crippen LogP contribution in [-0.2, 0) is 0 Å². The van der Waals surface area contributed by atoms with Gasteiger partial charge in [-0.1, -0.05) is 0 Å². The second-order valence-electron chi connectivity index (χ2n) is 5.51. The Balaban J connectivity index is 1.76. The van der Waals surface area contributed by atoms with Crippen LogP contribution in [0, 0.1) is 0 Å². The van der Waals surface area contributed by atoms with Crippen LogP contribution in [-0.4, -0.2) is 37.3 Å². The smallest absolute Gasteiger partial charge is 0.119 e. The standard InChI is InChI=1S/C18H19NO2S/c1-19(2)9-10-21-16-7-4-13(5-8-16)17-11-14-3-6-15(20)12-18(14)22-17/h3-8,11-12,20H,9-10H2,1-2H3. The summed E-state index contributed by atoms with van der Waals surface area (Å²) < 4.78 is 6.81. The molecule has 3 nitrogen and oxygen atoms in total. The Bertz CT molecular complexity index is 762. The Hall–Kier alpha value is -2.04. The van der Waals surface area contributed by atoms with Gasteiger partial charge < -0.3 is 14.7 Å². The van der Waals surface area contributed by atoms with Crippen molar-refractivity contribution in [2.45, 2.75) is 0 Å². The number of benzene rings is 2. The Morgan fingerprint density at radius 1 is 1.05 bits per heavy atom. The van der Waals surface area contributed by atoms with Crippen molar-refractivity contribution >= 4 is 21.4 Å². The molecule has 0 aliphatic rings. The molecule has 2 aromatic carbocycles. The van der Waals surface area contributed by atoms with Crippen LogP contribution in [0.25, 0.3) is 20.5 Å². The molecule has 0 atom stereocenters. The van der Waals surface area contributed by atoms with Crippen LogP contribution in [0.15, 0.2) is 48.5 Å². The number of aromatic hydroxyl groups is 1. The molecule has 22 heavy (non-hydrogen) atoms. The number of phenols is 1.